The number of nitrogens with zero attached hydrogens (tertiary/aromatic N) is 3. The summed E-state index contributed by atoms with van der Waals surface area (Å²) in [4.78, 5) is 7.07. The molecule has 1 aromatic rings. The van der Waals surface area contributed by atoms with Crippen LogP contribution >= 0.6 is 12.4 Å². The van der Waals surface area contributed by atoms with Gasteiger partial charge in [-0.15, -0.1) is 12.4 Å². The molecule has 1 saturated carbocycles. The first kappa shape index (κ1) is 17.7. The maximum absolute atomic E-state index is 5.68. The number of rotatable bonds is 5. The molecule has 0 radical (unpaired) electrons. The lowest BCUT2D eigenvalue weighted by Gasteiger charge is -2.30. The number of hydrogen-bond donors (Lipinski definition) is 1. The van der Waals surface area contributed by atoms with E-state index in [-0.39, 0.29) is 23.9 Å². The van der Waals surface area contributed by atoms with Gasteiger partial charge in [-0.1, -0.05) is 18.0 Å². The number of nitrogens with one attached hydrogen (secondary N) is 1. The fourth-order valence-corrected chi connectivity index (χ4v) is 3.60. The van der Waals surface area contributed by atoms with Crippen molar-refractivity contribution in [2.45, 2.75) is 43.6 Å². The summed E-state index contributed by atoms with van der Waals surface area (Å²) in [5, 5.41) is 7.68. The van der Waals surface area contributed by atoms with Crippen LogP contribution in [-0.2, 0) is 10.2 Å². The molecule has 1 unspecified atom stereocenters. The summed E-state index contributed by atoms with van der Waals surface area (Å²) in [6.07, 6.45) is 5.73. The molecule has 1 atom stereocenters. The van der Waals surface area contributed by atoms with Gasteiger partial charge >= 0.3 is 0 Å². The Morgan fingerprint density at radius 2 is 2.18 bits per heavy atom. The van der Waals surface area contributed by atoms with Crippen molar-refractivity contribution >= 4 is 12.4 Å². The maximum Gasteiger partial charge on any atom is 0.233 e. The molecular weight excluding hydrogens is 304 g/mol. The third-order valence-electron chi connectivity index (χ3n) is 5.05. The van der Waals surface area contributed by atoms with Gasteiger partial charge in [0.05, 0.1) is 11.5 Å². The van der Waals surface area contributed by atoms with Crippen LogP contribution < -0.4 is 5.32 Å². The minimum Gasteiger partial charge on any atom is -0.385 e. The van der Waals surface area contributed by atoms with E-state index in [1.165, 1.54) is 12.8 Å². The van der Waals surface area contributed by atoms with Crippen LogP contribution in [0.5, 0.6) is 0 Å². The van der Waals surface area contributed by atoms with Crippen molar-refractivity contribution in [1.29, 1.82) is 0 Å². The molecule has 6 nitrogen and oxygen atoms in total. The SMILES string of the molecule is COCCC1(c2nc(C3CNCCN3C)no2)CCCC1.Cl. The Labute approximate surface area is 138 Å². The molecular formula is C15H27ClN4O2. The molecule has 0 spiro atoms. The molecule has 3 rings (SSSR count). The molecule has 0 bridgehead atoms. The highest BCUT2D eigenvalue weighted by atomic mass is 35.5. The van der Waals surface area contributed by atoms with Crippen molar-refractivity contribution in [2.24, 2.45) is 0 Å². The molecule has 126 valence electrons. The normalized spacial score (nSPS) is 25.1. The Balaban J connectivity index is 0.00000176. The molecule has 2 fully saturated rings. The monoisotopic (exact) mass is 330 g/mol. The lowest BCUT2D eigenvalue weighted by molar-refractivity contribution is 0.152. The Hall–Kier alpha value is -0.690. The van der Waals surface area contributed by atoms with Crippen LogP contribution in [0.2, 0.25) is 0 Å². The lowest BCUT2D eigenvalue weighted by Crippen LogP contribution is -2.44. The smallest absolute Gasteiger partial charge is 0.233 e. The first-order chi connectivity index (χ1) is 10.2. The van der Waals surface area contributed by atoms with Crippen LogP contribution in [0, 0.1) is 0 Å². The summed E-state index contributed by atoms with van der Waals surface area (Å²) in [5.74, 6) is 1.65. The third-order valence-corrected chi connectivity index (χ3v) is 5.05. The summed E-state index contributed by atoms with van der Waals surface area (Å²) < 4.78 is 11.0. The van der Waals surface area contributed by atoms with E-state index in [1.54, 1.807) is 7.11 Å². The van der Waals surface area contributed by atoms with E-state index in [4.69, 9.17) is 14.2 Å². The average Bonchev–Trinajstić information content (AvgIpc) is 3.15. The summed E-state index contributed by atoms with van der Waals surface area (Å²) in [6, 6.07) is 0.220. The number of piperazine rings is 1. The van der Waals surface area contributed by atoms with Crippen LogP contribution in [0.4, 0.5) is 0 Å². The second kappa shape index (κ2) is 7.73. The van der Waals surface area contributed by atoms with E-state index in [0.717, 1.165) is 57.2 Å². The van der Waals surface area contributed by atoms with Crippen molar-refractivity contribution in [1.82, 2.24) is 20.4 Å². The zero-order chi connectivity index (χ0) is 14.7. The number of ether oxygens (including phenoxy) is 1. The molecule has 7 heteroatoms. The Morgan fingerprint density at radius 3 is 2.86 bits per heavy atom. The summed E-state index contributed by atoms with van der Waals surface area (Å²) >= 11 is 0. The molecule has 0 aromatic carbocycles. The van der Waals surface area contributed by atoms with E-state index in [0.29, 0.717) is 0 Å². The van der Waals surface area contributed by atoms with Crippen molar-refractivity contribution in [2.75, 3.05) is 40.4 Å². The zero-order valence-electron chi connectivity index (χ0n) is 13.5. The second-order valence-corrected chi connectivity index (χ2v) is 6.39. The Kier molecular flexibility index (Phi) is 6.20. The summed E-state index contributed by atoms with van der Waals surface area (Å²) in [7, 11) is 3.88. The molecule has 1 N–H and O–H groups in total. The van der Waals surface area contributed by atoms with Crippen LogP contribution in [0.3, 0.4) is 0 Å². The topological polar surface area (TPSA) is 63.4 Å². The quantitative estimate of drug-likeness (QED) is 0.890. The highest BCUT2D eigenvalue weighted by molar-refractivity contribution is 5.85. The second-order valence-electron chi connectivity index (χ2n) is 6.39. The number of aromatic nitrogens is 2. The maximum atomic E-state index is 5.68. The molecule has 1 saturated heterocycles. The van der Waals surface area contributed by atoms with Crippen LogP contribution in [-0.4, -0.2) is 55.4 Å². The van der Waals surface area contributed by atoms with Gasteiger partial charge in [0, 0.05) is 33.4 Å². The van der Waals surface area contributed by atoms with Gasteiger partial charge in [-0.25, -0.2) is 0 Å². The summed E-state index contributed by atoms with van der Waals surface area (Å²) in [6.45, 7) is 3.68. The third kappa shape index (κ3) is 3.45. The standard InChI is InChI=1S/C15H26N4O2.ClH/c1-19-9-8-16-11-12(19)13-17-14(21-18-13)15(7-10-20-2)5-3-4-6-15;/h12,16H,3-11H2,1-2H3;1H. The predicted octanol–water partition coefficient (Wildman–Crippen LogP) is 1.92. The highest BCUT2D eigenvalue weighted by Crippen LogP contribution is 2.43. The number of halogens is 1. The minimum atomic E-state index is 0. The van der Waals surface area contributed by atoms with Gasteiger partial charge in [0.1, 0.15) is 0 Å². The average molecular weight is 331 g/mol. The number of hydrogen-bond acceptors (Lipinski definition) is 6. The molecule has 0 amide bonds. The Bertz CT molecular complexity index is 462. The molecule has 1 aliphatic carbocycles. The number of likely N-dealkylation sites (N-methyl/N-ethyl adjacent to an activating group) is 1. The largest absolute Gasteiger partial charge is 0.385 e. The van der Waals surface area contributed by atoms with Gasteiger partial charge < -0.3 is 14.6 Å². The van der Waals surface area contributed by atoms with Crippen molar-refractivity contribution in [3.63, 3.8) is 0 Å². The van der Waals surface area contributed by atoms with Crippen molar-refractivity contribution < 1.29 is 9.26 Å². The van der Waals surface area contributed by atoms with Crippen LogP contribution in [0.15, 0.2) is 4.52 Å². The van der Waals surface area contributed by atoms with E-state index in [1.807, 2.05) is 0 Å². The van der Waals surface area contributed by atoms with Gasteiger partial charge in [-0.2, -0.15) is 4.98 Å². The first-order valence-electron chi connectivity index (χ1n) is 7.99. The van der Waals surface area contributed by atoms with Gasteiger partial charge in [-0.3, -0.25) is 4.90 Å². The van der Waals surface area contributed by atoms with E-state index < -0.39 is 0 Å². The fourth-order valence-electron chi connectivity index (χ4n) is 3.60. The molecule has 1 aliphatic heterocycles. The summed E-state index contributed by atoms with van der Waals surface area (Å²) in [5.41, 5.74) is 0.0436. The lowest BCUT2D eigenvalue weighted by atomic mass is 9.83. The molecule has 2 heterocycles. The molecule has 22 heavy (non-hydrogen) atoms. The predicted molar refractivity (Wildman–Crippen MR) is 86.4 cm³/mol. The minimum absolute atomic E-state index is 0. The van der Waals surface area contributed by atoms with Crippen LogP contribution in [0.25, 0.3) is 0 Å². The molecule has 1 aromatic heterocycles. The first-order valence-corrected chi connectivity index (χ1v) is 7.99. The zero-order valence-corrected chi connectivity index (χ0v) is 14.3. The van der Waals surface area contributed by atoms with E-state index >= 15 is 0 Å². The van der Waals surface area contributed by atoms with Gasteiger partial charge in [0.15, 0.2) is 5.82 Å². The van der Waals surface area contributed by atoms with Gasteiger partial charge in [-0.05, 0) is 26.3 Å². The van der Waals surface area contributed by atoms with Gasteiger partial charge in [0.25, 0.3) is 0 Å². The van der Waals surface area contributed by atoms with Crippen molar-refractivity contribution in [3.8, 4) is 0 Å². The van der Waals surface area contributed by atoms with Crippen LogP contribution in [0.1, 0.15) is 49.9 Å². The van der Waals surface area contributed by atoms with Gasteiger partial charge in [0.2, 0.25) is 5.89 Å². The molecule has 2 aliphatic rings. The fraction of sp³-hybridized carbons (Fsp3) is 0.867. The van der Waals surface area contributed by atoms with E-state index in [2.05, 4.69) is 22.4 Å². The van der Waals surface area contributed by atoms with Crippen molar-refractivity contribution in [3.05, 3.63) is 11.7 Å². The Morgan fingerprint density at radius 1 is 1.41 bits per heavy atom. The van der Waals surface area contributed by atoms with E-state index in [9.17, 15) is 0 Å². The highest BCUT2D eigenvalue weighted by Gasteiger charge is 2.41. The number of methoxy groups -OCH3 is 1.